The number of fused-ring (bicyclic) bond motifs is 1. The van der Waals surface area contributed by atoms with Crippen molar-refractivity contribution in [1.29, 1.82) is 0 Å². The van der Waals surface area contributed by atoms with Crippen molar-refractivity contribution in [3.05, 3.63) is 84.1 Å². The number of rotatable bonds is 6. The minimum atomic E-state index is -4.91. The Morgan fingerprint density at radius 2 is 1.84 bits per heavy atom. The Morgan fingerprint density at radius 3 is 2.53 bits per heavy atom. The Labute approximate surface area is 180 Å². The Bertz CT molecular complexity index is 1320. The third kappa shape index (κ3) is 4.35. The number of hydrogen-bond acceptors (Lipinski definition) is 7. The lowest BCUT2D eigenvalue weighted by molar-refractivity contribution is -0.143. The van der Waals surface area contributed by atoms with Gasteiger partial charge in [-0.3, -0.25) is 15.3 Å². The van der Waals surface area contributed by atoms with E-state index in [4.69, 9.17) is 4.42 Å². The maximum Gasteiger partial charge on any atom is 0.434 e. The molecule has 0 radical (unpaired) electrons. The smallest absolute Gasteiger partial charge is 0.434 e. The summed E-state index contributed by atoms with van der Waals surface area (Å²) in [6, 6.07) is 10.7. The maximum atomic E-state index is 13.2. The summed E-state index contributed by atoms with van der Waals surface area (Å²) in [4.78, 5) is 5.92. The number of benzene rings is 1. The van der Waals surface area contributed by atoms with Crippen LogP contribution in [0.15, 0.2) is 81.3 Å². The molecule has 2 N–H and O–H groups in total. The van der Waals surface area contributed by atoms with E-state index >= 15 is 0 Å². The summed E-state index contributed by atoms with van der Waals surface area (Å²) in [7, 11) is -4.43. The van der Waals surface area contributed by atoms with Crippen molar-refractivity contribution in [2.45, 2.75) is 28.7 Å². The van der Waals surface area contributed by atoms with E-state index in [-0.39, 0.29) is 17.2 Å². The summed E-state index contributed by atoms with van der Waals surface area (Å²) >= 11 is 0. The van der Waals surface area contributed by atoms with Crippen LogP contribution >= 0.6 is 0 Å². The molecule has 1 unspecified atom stereocenters. The minimum absolute atomic E-state index is 0.150. The van der Waals surface area contributed by atoms with Gasteiger partial charge in [0.2, 0.25) is 9.84 Å². The Kier molecular flexibility index (Phi) is 5.71. The van der Waals surface area contributed by atoms with Gasteiger partial charge in [-0.1, -0.05) is 12.1 Å². The number of sulfone groups is 1. The maximum absolute atomic E-state index is 13.2. The number of aromatic nitrogens is 2. The van der Waals surface area contributed by atoms with E-state index in [1.165, 1.54) is 30.5 Å². The van der Waals surface area contributed by atoms with Crippen LogP contribution in [0.5, 0.6) is 0 Å². The van der Waals surface area contributed by atoms with E-state index in [9.17, 15) is 26.7 Å². The highest BCUT2D eigenvalue weighted by molar-refractivity contribution is 7.91. The van der Waals surface area contributed by atoms with E-state index in [1.807, 2.05) is 0 Å². The monoisotopic (exact) mass is 463 g/mol. The molecule has 166 valence electrons. The van der Waals surface area contributed by atoms with Crippen LogP contribution in [0.2, 0.25) is 0 Å². The zero-order chi connectivity index (χ0) is 22.9. The van der Waals surface area contributed by atoms with Gasteiger partial charge < -0.3 is 9.52 Å². The average Bonchev–Trinajstić information content (AvgIpc) is 3.22. The zero-order valence-electron chi connectivity index (χ0n) is 16.2. The van der Waals surface area contributed by atoms with Crippen molar-refractivity contribution >= 4 is 20.8 Å². The fraction of sp³-hybridized carbons (Fsp3) is 0.143. The first-order valence-electron chi connectivity index (χ1n) is 9.27. The van der Waals surface area contributed by atoms with Crippen molar-refractivity contribution in [2.75, 3.05) is 0 Å². The fourth-order valence-electron chi connectivity index (χ4n) is 3.09. The first-order chi connectivity index (χ1) is 15.2. The Hall–Kier alpha value is -3.28. The number of alkyl halides is 3. The summed E-state index contributed by atoms with van der Waals surface area (Å²) < 4.78 is 70.5. The molecule has 32 heavy (non-hydrogen) atoms. The fourth-order valence-corrected chi connectivity index (χ4v) is 4.52. The summed E-state index contributed by atoms with van der Waals surface area (Å²) in [6.07, 6.45) is -2.02. The molecule has 3 aromatic heterocycles. The highest BCUT2D eigenvalue weighted by Crippen LogP contribution is 2.34. The molecule has 0 aliphatic rings. The molecule has 0 fully saturated rings. The normalized spacial score (nSPS) is 13.4. The molecule has 0 aliphatic heterocycles. The molecule has 1 aromatic carbocycles. The van der Waals surface area contributed by atoms with Gasteiger partial charge in [-0.25, -0.2) is 8.42 Å². The van der Waals surface area contributed by atoms with E-state index in [0.717, 1.165) is 23.7 Å². The number of aliphatic hydroxyl groups excluding tert-OH is 1. The third-order valence-corrected chi connectivity index (χ3v) is 6.47. The average molecular weight is 463 g/mol. The van der Waals surface area contributed by atoms with Gasteiger partial charge in [-0.15, -0.1) is 0 Å². The second kappa shape index (κ2) is 8.34. The topological polar surface area (TPSA) is 105 Å². The van der Waals surface area contributed by atoms with Gasteiger partial charge in [0.25, 0.3) is 0 Å². The standard InChI is InChI=1S/C21H16F3N3O4S/c22-21(23,24)19-18(2-1-8-26-19)32(29,30)15-5-3-13(4-6-15)11-27-20(28)16-10-14-7-9-25-12-17(14)31-16/h1-10,12,20,27-28H,11H2. The van der Waals surface area contributed by atoms with E-state index in [1.54, 1.807) is 18.3 Å². The summed E-state index contributed by atoms with van der Waals surface area (Å²) in [5.41, 5.74) is -0.343. The van der Waals surface area contributed by atoms with Crippen LogP contribution in [0.4, 0.5) is 13.2 Å². The lowest BCUT2D eigenvalue weighted by Gasteiger charge is -2.13. The largest absolute Gasteiger partial charge is 0.455 e. The van der Waals surface area contributed by atoms with Crippen LogP contribution in [0.1, 0.15) is 23.2 Å². The first-order valence-corrected chi connectivity index (χ1v) is 10.8. The van der Waals surface area contributed by atoms with Crippen LogP contribution in [0.3, 0.4) is 0 Å². The zero-order valence-corrected chi connectivity index (χ0v) is 17.1. The molecule has 0 bridgehead atoms. The molecule has 3 heterocycles. The van der Waals surface area contributed by atoms with Crippen LogP contribution in [-0.2, 0) is 22.6 Å². The van der Waals surface area contributed by atoms with Gasteiger partial charge in [0.05, 0.1) is 11.1 Å². The number of aliphatic hydroxyl groups is 1. The molecular formula is C21H16F3N3O4S. The van der Waals surface area contributed by atoms with Crippen LogP contribution < -0.4 is 5.32 Å². The molecular weight excluding hydrogens is 447 g/mol. The molecule has 4 rings (SSSR count). The molecule has 0 aliphatic carbocycles. The number of nitrogens with zero attached hydrogens (tertiary/aromatic N) is 2. The first kappa shape index (κ1) is 21.9. The van der Waals surface area contributed by atoms with Crippen molar-refractivity contribution in [2.24, 2.45) is 0 Å². The number of pyridine rings is 2. The van der Waals surface area contributed by atoms with Gasteiger partial charge in [-0.2, -0.15) is 13.2 Å². The third-order valence-electron chi connectivity index (χ3n) is 4.67. The molecule has 4 aromatic rings. The quantitative estimate of drug-likeness (QED) is 0.419. The Balaban J connectivity index is 1.49. The van der Waals surface area contributed by atoms with E-state index in [2.05, 4.69) is 15.3 Å². The number of hydrogen-bond donors (Lipinski definition) is 2. The molecule has 0 saturated carbocycles. The van der Waals surface area contributed by atoms with Crippen LogP contribution in [0, 0.1) is 0 Å². The van der Waals surface area contributed by atoms with Gasteiger partial charge in [0.1, 0.15) is 10.7 Å². The minimum Gasteiger partial charge on any atom is -0.455 e. The van der Waals surface area contributed by atoms with Crippen molar-refractivity contribution in [3.63, 3.8) is 0 Å². The van der Waals surface area contributed by atoms with Crippen LogP contribution in [0.25, 0.3) is 11.0 Å². The predicted octanol–water partition coefficient (Wildman–Crippen LogP) is 3.86. The van der Waals surface area contributed by atoms with Crippen molar-refractivity contribution in [3.8, 4) is 0 Å². The number of furan rings is 1. The SMILES string of the molecule is O=S(=O)(c1ccc(CNC(O)c2cc3ccncc3o2)cc1)c1cccnc1C(F)(F)F. The van der Waals surface area contributed by atoms with Gasteiger partial charge in [0, 0.05) is 24.3 Å². The summed E-state index contributed by atoms with van der Waals surface area (Å²) in [5.74, 6) is 0.281. The van der Waals surface area contributed by atoms with Crippen molar-refractivity contribution in [1.82, 2.24) is 15.3 Å². The molecule has 11 heteroatoms. The highest BCUT2D eigenvalue weighted by atomic mass is 32.2. The molecule has 7 nitrogen and oxygen atoms in total. The lowest BCUT2D eigenvalue weighted by Crippen LogP contribution is -2.20. The van der Waals surface area contributed by atoms with Gasteiger partial charge in [0.15, 0.2) is 17.5 Å². The second-order valence-corrected chi connectivity index (χ2v) is 8.76. The van der Waals surface area contributed by atoms with Crippen LogP contribution in [-0.4, -0.2) is 23.5 Å². The predicted molar refractivity (Wildman–Crippen MR) is 107 cm³/mol. The number of halogens is 3. The summed E-state index contributed by atoms with van der Waals surface area (Å²) in [6.45, 7) is 0.150. The van der Waals surface area contributed by atoms with E-state index < -0.39 is 32.8 Å². The second-order valence-electron chi connectivity index (χ2n) is 6.84. The van der Waals surface area contributed by atoms with Gasteiger partial charge in [-0.05, 0) is 42.0 Å². The van der Waals surface area contributed by atoms with E-state index in [0.29, 0.717) is 11.1 Å². The van der Waals surface area contributed by atoms with Gasteiger partial charge >= 0.3 is 6.18 Å². The Morgan fingerprint density at radius 1 is 1.09 bits per heavy atom. The molecule has 1 atom stereocenters. The highest BCUT2D eigenvalue weighted by Gasteiger charge is 2.39. The molecule has 0 saturated heterocycles. The molecule has 0 spiro atoms. The summed E-state index contributed by atoms with van der Waals surface area (Å²) in [5, 5.41) is 13.9. The van der Waals surface area contributed by atoms with Crippen molar-refractivity contribution < 1.29 is 31.1 Å². The lowest BCUT2D eigenvalue weighted by atomic mass is 10.2. The molecule has 0 amide bonds. The number of nitrogens with one attached hydrogen (secondary N) is 1.